The van der Waals surface area contributed by atoms with Crippen molar-refractivity contribution < 1.29 is 66.1 Å². The number of fused-ring (bicyclic) bond motifs is 2. The van der Waals surface area contributed by atoms with E-state index in [-0.39, 0.29) is 53.2 Å². The Bertz CT molecular complexity index is 2120. The van der Waals surface area contributed by atoms with Crippen LogP contribution in [0.2, 0.25) is 0 Å². The number of imidazole rings is 2. The van der Waals surface area contributed by atoms with E-state index in [0.29, 0.717) is 11.2 Å². The normalized spacial score (nSPS) is 23.7. The molecule has 4 aromatic rings. The van der Waals surface area contributed by atoms with Gasteiger partial charge in [-0.1, -0.05) is 0 Å². The van der Waals surface area contributed by atoms with Crippen LogP contribution in [0.3, 0.4) is 0 Å². The number of carbonyl (C=O) groups is 1. The zero-order chi connectivity index (χ0) is 37.2. The van der Waals surface area contributed by atoms with Gasteiger partial charge in [-0.3, -0.25) is 22.7 Å². The molecular formula is C26H32N10O14P2. The molecule has 0 aliphatic carbocycles. The maximum atomic E-state index is 13.2. The molecule has 0 amide bonds. The average molecular weight is 771 g/mol. The number of nitrogen functional groups attached to an aromatic ring is 2. The van der Waals surface area contributed by atoms with Crippen LogP contribution in [-0.4, -0.2) is 119 Å². The molecular weight excluding hydrogens is 738 g/mol. The first kappa shape index (κ1) is 37.2. The van der Waals surface area contributed by atoms with Crippen molar-refractivity contribution in [3.63, 3.8) is 0 Å². The molecule has 6 rings (SSSR count). The summed E-state index contributed by atoms with van der Waals surface area (Å²) in [4.78, 5) is 57.2. The van der Waals surface area contributed by atoms with Crippen LogP contribution >= 0.6 is 15.4 Å². The fraction of sp³-hybridized carbons (Fsp3) is 0.423. The molecule has 6 atom stereocenters. The van der Waals surface area contributed by atoms with Gasteiger partial charge in [-0.05, 0) is 6.08 Å². The van der Waals surface area contributed by atoms with Crippen LogP contribution in [0.15, 0.2) is 48.7 Å². The van der Waals surface area contributed by atoms with Gasteiger partial charge < -0.3 is 54.6 Å². The first-order chi connectivity index (χ1) is 24.8. The fourth-order valence-corrected chi connectivity index (χ4v) is 6.98. The average Bonchev–Trinajstić information content (AvgIpc) is 3.86. The lowest BCUT2D eigenvalue weighted by Crippen LogP contribution is -2.36. The molecule has 6 heterocycles. The number of rotatable bonds is 16. The van der Waals surface area contributed by atoms with Crippen molar-refractivity contribution in [2.75, 3.05) is 51.9 Å². The summed E-state index contributed by atoms with van der Waals surface area (Å²) in [5.41, 5.74) is 12.9. The number of nitrogens with zero attached hydrogens (tertiary/aromatic N) is 8. The zero-order valence-electron chi connectivity index (χ0n) is 27.2. The number of esters is 1. The minimum Gasteiger partial charge on any atom is -0.490 e. The number of nitrogens with two attached hydrogens (primary N) is 2. The van der Waals surface area contributed by atoms with Crippen LogP contribution < -0.4 is 11.5 Å². The highest BCUT2D eigenvalue weighted by molar-refractivity contribution is 7.52. The number of carbonyl (C=O) groups excluding carboxylic acids is 1. The molecule has 280 valence electrons. The molecule has 7 N–H and O–H groups in total. The van der Waals surface area contributed by atoms with E-state index in [4.69, 9.17) is 48.7 Å². The highest BCUT2D eigenvalue weighted by Crippen LogP contribution is 2.49. The molecule has 0 bridgehead atoms. The predicted octanol–water partition coefficient (Wildman–Crippen LogP) is -0.288. The van der Waals surface area contributed by atoms with E-state index < -0.39 is 65.5 Å². The molecule has 0 spiro atoms. The highest BCUT2D eigenvalue weighted by atomic mass is 31.2. The Morgan fingerprint density at radius 2 is 1.73 bits per heavy atom. The SMILES string of the molecule is COC1=C(OC)/C(=C\COP(=O)(O)OC[C@H]2O[C@@H](n3cnc4c(N)ncnc43)[C@H](O)C2OP(=O)(O)COCCn2cnc3ncnc(N)c32)OC1=O. The minimum atomic E-state index is -4.89. The summed E-state index contributed by atoms with van der Waals surface area (Å²) in [5.74, 6) is -1.03. The fourth-order valence-electron chi connectivity index (χ4n) is 5.25. The van der Waals surface area contributed by atoms with Crippen molar-refractivity contribution in [2.24, 2.45) is 0 Å². The van der Waals surface area contributed by atoms with Crippen LogP contribution in [0.4, 0.5) is 11.6 Å². The number of methoxy groups -OCH3 is 2. The van der Waals surface area contributed by atoms with Crippen LogP contribution in [0.1, 0.15) is 6.23 Å². The summed E-state index contributed by atoms with van der Waals surface area (Å²) in [6.45, 7) is -1.33. The van der Waals surface area contributed by atoms with E-state index in [9.17, 15) is 28.8 Å². The van der Waals surface area contributed by atoms with Crippen molar-refractivity contribution in [3.8, 4) is 0 Å². The summed E-state index contributed by atoms with van der Waals surface area (Å²) in [5, 5.41) is 11.3. The largest absolute Gasteiger partial charge is 0.490 e. The lowest BCUT2D eigenvalue weighted by molar-refractivity contribution is -0.136. The number of anilines is 2. The van der Waals surface area contributed by atoms with Gasteiger partial charge in [-0.25, -0.2) is 39.3 Å². The number of hydrogen-bond acceptors (Lipinski definition) is 20. The number of phosphoric acid groups is 1. The molecule has 26 heteroatoms. The van der Waals surface area contributed by atoms with Gasteiger partial charge in [0.15, 0.2) is 34.9 Å². The lowest BCUT2D eigenvalue weighted by Gasteiger charge is -2.24. The number of phosphoric ester groups is 1. The minimum absolute atomic E-state index is 0.0343. The maximum absolute atomic E-state index is 13.2. The first-order valence-electron chi connectivity index (χ1n) is 14.9. The van der Waals surface area contributed by atoms with Gasteiger partial charge in [0.2, 0.25) is 5.76 Å². The predicted molar refractivity (Wildman–Crippen MR) is 172 cm³/mol. The number of aliphatic hydroxyl groups excluding tert-OH is 1. The molecule has 2 aliphatic rings. The monoisotopic (exact) mass is 770 g/mol. The second-order valence-electron chi connectivity index (χ2n) is 10.8. The van der Waals surface area contributed by atoms with Gasteiger partial charge in [0, 0.05) is 6.54 Å². The van der Waals surface area contributed by atoms with E-state index in [1.165, 1.54) is 37.8 Å². The summed E-state index contributed by atoms with van der Waals surface area (Å²) >= 11 is 0. The Morgan fingerprint density at radius 1 is 0.981 bits per heavy atom. The molecule has 52 heavy (non-hydrogen) atoms. The second kappa shape index (κ2) is 15.2. The van der Waals surface area contributed by atoms with Crippen LogP contribution in [0.5, 0.6) is 0 Å². The maximum Gasteiger partial charge on any atom is 0.472 e. The summed E-state index contributed by atoms with van der Waals surface area (Å²) in [6, 6.07) is 0. The Balaban J connectivity index is 1.13. The zero-order valence-corrected chi connectivity index (χ0v) is 29.0. The molecule has 2 aliphatic heterocycles. The second-order valence-corrected chi connectivity index (χ2v) is 14.0. The number of cyclic esters (lactones) is 1. The van der Waals surface area contributed by atoms with Crippen molar-refractivity contribution in [1.82, 2.24) is 39.0 Å². The number of hydrogen-bond donors (Lipinski definition) is 5. The Kier molecular flexibility index (Phi) is 10.8. The molecule has 4 aromatic heterocycles. The third-order valence-corrected chi connectivity index (χ3v) is 9.59. The molecule has 3 unspecified atom stereocenters. The third-order valence-electron chi connectivity index (χ3n) is 7.56. The van der Waals surface area contributed by atoms with Gasteiger partial charge in [0.1, 0.15) is 48.3 Å². The molecule has 0 radical (unpaired) electrons. The Hall–Kier alpha value is -4.61. The van der Waals surface area contributed by atoms with Crippen molar-refractivity contribution in [1.29, 1.82) is 0 Å². The Labute approximate surface area is 292 Å². The molecule has 1 saturated heterocycles. The highest BCUT2D eigenvalue weighted by Gasteiger charge is 2.49. The van der Waals surface area contributed by atoms with E-state index >= 15 is 0 Å². The third kappa shape index (κ3) is 7.76. The summed E-state index contributed by atoms with van der Waals surface area (Å²) in [6.07, 6.45) is -0.737. The van der Waals surface area contributed by atoms with Crippen LogP contribution in [0, 0.1) is 0 Å². The van der Waals surface area contributed by atoms with Gasteiger partial charge >= 0.3 is 21.4 Å². The van der Waals surface area contributed by atoms with Crippen LogP contribution in [-0.2, 0) is 57.7 Å². The van der Waals surface area contributed by atoms with E-state index in [1.54, 1.807) is 4.57 Å². The number of aliphatic hydroxyl groups is 1. The van der Waals surface area contributed by atoms with Gasteiger partial charge in [-0.2, -0.15) is 0 Å². The van der Waals surface area contributed by atoms with Crippen LogP contribution in [0.25, 0.3) is 22.3 Å². The van der Waals surface area contributed by atoms with Gasteiger partial charge in [0.05, 0.1) is 46.7 Å². The molecule has 1 fully saturated rings. The van der Waals surface area contributed by atoms with E-state index in [2.05, 4.69) is 29.9 Å². The molecule has 24 nitrogen and oxygen atoms in total. The molecule has 0 saturated carbocycles. The van der Waals surface area contributed by atoms with Crippen molar-refractivity contribution in [3.05, 3.63) is 48.7 Å². The first-order valence-corrected chi connectivity index (χ1v) is 18.2. The van der Waals surface area contributed by atoms with Crippen molar-refractivity contribution in [2.45, 2.75) is 31.1 Å². The lowest BCUT2D eigenvalue weighted by atomic mass is 10.1. The Morgan fingerprint density at radius 3 is 2.50 bits per heavy atom. The number of aromatic nitrogens is 8. The number of ether oxygens (including phenoxy) is 5. The topological polar surface area (TPSA) is 325 Å². The summed E-state index contributed by atoms with van der Waals surface area (Å²) < 4.78 is 70.8. The van der Waals surface area contributed by atoms with Crippen molar-refractivity contribution >= 4 is 55.4 Å². The standard InChI is InChI=1S/C26H32N10O14P2/c1-43-19-13(49-26(38)20(19)44-2)3-5-46-52(41,42)47-7-14-18(17(37)25(48-14)36-11-33-15-21(27)29-9-32-24(15)36)50-51(39,40)12-45-6-4-35-10-34-23-16(35)22(28)30-8-31-23/h3,8-11,14,17-18,25,37H,4-7,12H2,1-2H3,(H,39,40)(H,41,42)(H2,27,29,32)(H2,28,30,31)/b13-3+/t14-,17-,18?,25-/m1/s1. The quantitative estimate of drug-likeness (QED) is 0.0555. The summed E-state index contributed by atoms with van der Waals surface area (Å²) in [7, 11) is -7.05. The van der Waals surface area contributed by atoms with E-state index in [0.717, 1.165) is 12.4 Å². The molecule has 0 aromatic carbocycles. The van der Waals surface area contributed by atoms with Gasteiger partial charge in [0.25, 0.3) is 5.76 Å². The smallest absolute Gasteiger partial charge is 0.472 e. The van der Waals surface area contributed by atoms with Gasteiger partial charge in [-0.15, -0.1) is 0 Å². The van der Waals surface area contributed by atoms with E-state index in [1.807, 2.05) is 0 Å².